The Hall–Kier alpha value is -4.31. The summed E-state index contributed by atoms with van der Waals surface area (Å²) in [4.78, 5) is 55.9. The summed E-state index contributed by atoms with van der Waals surface area (Å²) in [7, 11) is 1.53. The number of amides is 2. The number of carbonyl (C=O) groups excluding carboxylic acids is 3. The highest BCUT2D eigenvalue weighted by atomic mass is 79.9. The molecule has 0 aliphatic carbocycles. The standard InChI is InChI=1S/C29H22BrN3O6/c1-15-13-18(33(37)38)8-9-21(15)32-28(35)23-24(29(32)36)26(27(34)17-7-10-22(39-2)20(30)14-17)31-12-11-16-5-3-4-6-19(16)25(23)31/h3-14,23-26H,1-2H3/t23-,24-,25+,26+/m1/s1. The Morgan fingerprint density at radius 3 is 2.46 bits per heavy atom. The van der Waals surface area contributed by atoms with Gasteiger partial charge in [-0.2, -0.15) is 0 Å². The zero-order valence-corrected chi connectivity index (χ0v) is 22.5. The summed E-state index contributed by atoms with van der Waals surface area (Å²) in [6.07, 6.45) is 3.69. The van der Waals surface area contributed by atoms with E-state index in [0.29, 0.717) is 21.3 Å². The molecule has 39 heavy (non-hydrogen) atoms. The van der Waals surface area contributed by atoms with Crippen LogP contribution in [0.15, 0.2) is 71.3 Å². The first-order chi connectivity index (χ1) is 18.7. The third-order valence-corrected chi connectivity index (χ3v) is 8.42. The topological polar surface area (TPSA) is 110 Å². The van der Waals surface area contributed by atoms with E-state index < -0.39 is 40.7 Å². The molecule has 3 aliphatic rings. The second-order valence-electron chi connectivity index (χ2n) is 9.79. The monoisotopic (exact) mass is 587 g/mol. The van der Waals surface area contributed by atoms with Gasteiger partial charge in [0.05, 0.1) is 40.1 Å². The zero-order valence-electron chi connectivity index (χ0n) is 20.9. The van der Waals surface area contributed by atoms with Crippen LogP contribution in [0.5, 0.6) is 5.75 Å². The number of ketones is 1. The molecule has 0 spiro atoms. The van der Waals surface area contributed by atoms with Crippen LogP contribution in [-0.4, -0.2) is 40.6 Å². The lowest BCUT2D eigenvalue weighted by molar-refractivity contribution is -0.384. The minimum absolute atomic E-state index is 0.133. The van der Waals surface area contributed by atoms with Gasteiger partial charge in [-0.3, -0.25) is 24.5 Å². The molecule has 3 aromatic carbocycles. The number of ether oxygens (including phenoxy) is 1. The van der Waals surface area contributed by atoms with Gasteiger partial charge in [-0.25, -0.2) is 4.90 Å². The number of hydrogen-bond donors (Lipinski definition) is 0. The van der Waals surface area contributed by atoms with Crippen LogP contribution in [0, 0.1) is 28.9 Å². The maximum Gasteiger partial charge on any atom is 0.269 e. The van der Waals surface area contributed by atoms with Crippen LogP contribution in [0.3, 0.4) is 0 Å². The maximum absolute atomic E-state index is 14.1. The quantitative estimate of drug-likeness (QED) is 0.177. The van der Waals surface area contributed by atoms with Gasteiger partial charge >= 0.3 is 0 Å². The van der Waals surface area contributed by atoms with E-state index in [1.807, 2.05) is 35.2 Å². The van der Waals surface area contributed by atoms with E-state index in [-0.39, 0.29) is 17.2 Å². The van der Waals surface area contributed by atoms with Crippen molar-refractivity contribution in [2.45, 2.75) is 19.0 Å². The molecule has 3 heterocycles. The molecule has 0 unspecified atom stereocenters. The smallest absolute Gasteiger partial charge is 0.269 e. The van der Waals surface area contributed by atoms with Crippen molar-refractivity contribution in [1.82, 2.24) is 4.90 Å². The first-order valence-electron chi connectivity index (χ1n) is 12.3. The molecule has 0 aromatic heterocycles. The number of non-ortho nitro benzene ring substituents is 1. The van der Waals surface area contributed by atoms with Crippen LogP contribution in [0.4, 0.5) is 11.4 Å². The number of nitrogens with zero attached hydrogens (tertiary/aromatic N) is 3. The fourth-order valence-electron chi connectivity index (χ4n) is 6.09. The van der Waals surface area contributed by atoms with Crippen LogP contribution in [-0.2, 0) is 9.59 Å². The van der Waals surface area contributed by atoms with Crippen molar-refractivity contribution in [3.63, 3.8) is 0 Å². The molecule has 0 N–H and O–H groups in total. The van der Waals surface area contributed by atoms with Gasteiger partial charge in [0.2, 0.25) is 11.8 Å². The van der Waals surface area contributed by atoms with Crippen molar-refractivity contribution < 1.29 is 24.0 Å². The first kappa shape index (κ1) is 25.0. The summed E-state index contributed by atoms with van der Waals surface area (Å²) >= 11 is 3.43. The summed E-state index contributed by atoms with van der Waals surface area (Å²) < 4.78 is 5.90. The van der Waals surface area contributed by atoms with Crippen molar-refractivity contribution >= 4 is 51.0 Å². The van der Waals surface area contributed by atoms with Gasteiger partial charge in [-0.05, 0) is 69.9 Å². The number of benzene rings is 3. The molecule has 6 rings (SSSR count). The Kier molecular flexibility index (Phi) is 5.87. The number of rotatable bonds is 5. The van der Waals surface area contributed by atoms with Gasteiger partial charge in [0.25, 0.3) is 5.69 Å². The minimum atomic E-state index is -0.943. The number of methoxy groups -OCH3 is 1. The number of fused-ring (bicyclic) bond motifs is 5. The SMILES string of the molecule is COc1ccc(C(=O)[C@@H]2[C@@H]3C(=O)N(c4ccc([N+](=O)[O-])cc4C)C(=O)[C@H]3[C@@H]3c4ccccc4C=CN23)cc1Br. The van der Waals surface area contributed by atoms with E-state index in [4.69, 9.17) is 4.74 Å². The molecule has 4 atom stereocenters. The van der Waals surface area contributed by atoms with Crippen molar-refractivity contribution in [2.75, 3.05) is 12.0 Å². The largest absolute Gasteiger partial charge is 0.496 e. The van der Waals surface area contributed by atoms with Gasteiger partial charge in [-0.1, -0.05) is 24.3 Å². The Morgan fingerprint density at radius 2 is 1.77 bits per heavy atom. The lowest BCUT2D eigenvalue weighted by Gasteiger charge is -2.35. The Bertz CT molecular complexity index is 1620. The van der Waals surface area contributed by atoms with Crippen LogP contribution in [0.1, 0.15) is 33.1 Å². The number of Topliss-reactive ketones (excluding diaryl/α,β-unsaturated/α-hetero) is 1. The molecule has 0 radical (unpaired) electrons. The predicted molar refractivity (Wildman–Crippen MR) is 146 cm³/mol. The summed E-state index contributed by atoms with van der Waals surface area (Å²) in [5.41, 5.74) is 2.74. The fraction of sp³-hybridized carbons (Fsp3) is 0.207. The Labute approximate surface area is 231 Å². The van der Waals surface area contributed by atoms with Crippen LogP contribution in [0.25, 0.3) is 6.08 Å². The molecular formula is C29H22BrN3O6. The molecule has 2 saturated heterocycles. The highest BCUT2D eigenvalue weighted by Crippen LogP contribution is 2.54. The molecule has 3 aliphatic heterocycles. The second kappa shape index (κ2) is 9.16. The highest BCUT2D eigenvalue weighted by molar-refractivity contribution is 9.10. The summed E-state index contributed by atoms with van der Waals surface area (Å²) in [6, 6.07) is 15.2. The minimum Gasteiger partial charge on any atom is -0.496 e. The van der Waals surface area contributed by atoms with E-state index in [0.717, 1.165) is 16.0 Å². The summed E-state index contributed by atoms with van der Waals surface area (Å²) in [5, 5.41) is 11.3. The average Bonchev–Trinajstić information content (AvgIpc) is 3.40. The van der Waals surface area contributed by atoms with Crippen molar-refractivity contribution in [3.8, 4) is 5.75 Å². The zero-order chi connectivity index (χ0) is 27.6. The van der Waals surface area contributed by atoms with E-state index in [1.165, 1.54) is 25.3 Å². The average molecular weight is 588 g/mol. The molecule has 3 aromatic rings. The van der Waals surface area contributed by atoms with Gasteiger partial charge in [-0.15, -0.1) is 0 Å². The van der Waals surface area contributed by atoms with E-state index in [2.05, 4.69) is 15.9 Å². The number of carbonyl (C=O) groups is 3. The van der Waals surface area contributed by atoms with E-state index in [1.54, 1.807) is 31.3 Å². The molecule has 2 amide bonds. The lowest BCUT2D eigenvalue weighted by Crippen LogP contribution is -2.44. The van der Waals surface area contributed by atoms with Gasteiger partial charge < -0.3 is 9.64 Å². The number of nitro benzene ring substituents is 1. The van der Waals surface area contributed by atoms with E-state index in [9.17, 15) is 24.5 Å². The molecule has 10 heteroatoms. The summed E-state index contributed by atoms with van der Waals surface area (Å²) in [5.74, 6) is -2.40. The van der Waals surface area contributed by atoms with Gasteiger partial charge in [0, 0.05) is 23.9 Å². The van der Waals surface area contributed by atoms with Gasteiger partial charge in [0.1, 0.15) is 11.8 Å². The molecular weight excluding hydrogens is 566 g/mol. The van der Waals surface area contributed by atoms with E-state index >= 15 is 0 Å². The normalized spacial score (nSPS) is 22.9. The van der Waals surface area contributed by atoms with Crippen LogP contribution < -0.4 is 9.64 Å². The number of hydrogen-bond acceptors (Lipinski definition) is 7. The van der Waals surface area contributed by atoms with Gasteiger partial charge in [0.15, 0.2) is 5.78 Å². The highest BCUT2D eigenvalue weighted by Gasteiger charge is 2.64. The molecule has 0 saturated carbocycles. The van der Waals surface area contributed by atoms with Crippen molar-refractivity contribution in [1.29, 1.82) is 0 Å². The number of nitro groups is 1. The fourth-order valence-corrected chi connectivity index (χ4v) is 6.63. The number of halogens is 1. The molecule has 2 fully saturated rings. The number of aryl methyl sites for hydroxylation is 1. The lowest BCUT2D eigenvalue weighted by atomic mass is 9.83. The number of anilines is 1. The maximum atomic E-state index is 14.1. The second-order valence-corrected chi connectivity index (χ2v) is 10.6. The van der Waals surface area contributed by atoms with Crippen LogP contribution in [0.2, 0.25) is 0 Å². The van der Waals surface area contributed by atoms with Crippen LogP contribution >= 0.6 is 15.9 Å². The Balaban J connectivity index is 1.48. The Morgan fingerprint density at radius 1 is 1.03 bits per heavy atom. The summed E-state index contributed by atoms with van der Waals surface area (Å²) in [6.45, 7) is 1.62. The predicted octanol–water partition coefficient (Wildman–Crippen LogP) is 5.07. The molecule has 196 valence electrons. The third-order valence-electron chi connectivity index (χ3n) is 7.80. The molecule has 0 bridgehead atoms. The first-order valence-corrected chi connectivity index (χ1v) is 13.1. The van der Waals surface area contributed by atoms with Crippen molar-refractivity contribution in [3.05, 3.63) is 104 Å². The molecule has 9 nitrogen and oxygen atoms in total. The third kappa shape index (κ3) is 3.69. The number of imide groups is 1. The van der Waals surface area contributed by atoms with Crippen molar-refractivity contribution in [2.24, 2.45) is 11.8 Å².